The Morgan fingerprint density at radius 2 is 1.70 bits per heavy atom. The summed E-state index contributed by atoms with van der Waals surface area (Å²) in [5, 5.41) is 0.659. The van der Waals surface area contributed by atoms with Gasteiger partial charge in [-0.05, 0) is 6.07 Å². The Morgan fingerprint density at radius 1 is 1.04 bits per heavy atom. The first kappa shape index (κ1) is 18.2. The number of rotatable bonds is 6. The standard InChI is InChI=1S/C20H18N2O5/c1-26-20(25)15-11-22(16-10-6-5-9-14(15)16)12-17(23)27-18(19(21)24)13-7-3-2-4-8-13/h2-11,18H,12H2,1H3,(H2,21,24)/t18-/m0/s1. The van der Waals surface area contributed by atoms with Crippen molar-refractivity contribution in [3.05, 3.63) is 71.9 Å². The fourth-order valence-corrected chi connectivity index (χ4v) is 2.88. The fraction of sp³-hybridized carbons (Fsp3) is 0.150. The Bertz CT molecular complexity index is 994. The van der Waals surface area contributed by atoms with E-state index in [1.807, 2.05) is 0 Å². The number of benzene rings is 2. The Morgan fingerprint density at radius 3 is 2.37 bits per heavy atom. The van der Waals surface area contributed by atoms with E-state index in [0.29, 0.717) is 22.0 Å². The molecule has 0 saturated heterocycles. The van der Waals surface area contributed by atoms with Crippen LogP contribution in [-0.4, -0.2) is 29.5 Å². The van der Waals surface area contributed by atoms with Gasteiger partial charge in [-0.25, -0.2) is 4.79 Å². The number of nitrogens with two attached hydrogens (primary N) is 1. The highest BCUT2D eigenvalue weighted by Gasteiger charge is 2.23. The van der Waals surface area contributed by atoms with Crippen molar-refractivity contribution < 1.29 is 23.9 Å². The van der Waals surface area contributed by atoms with Crippen LogP contribution in [0.5, 0.6) is 0 Å². The Hall–Kier alpha value is -3.61. The van der Waals surface area contributed by atoms with Gasteiger partial charge in [0.25, 0.3) is 5.91 Å². The lowest BCUT2D eigenvalue weighted by molar-refractivity contribution is -0.155. The number of fused-ring (bicyclic) bond motifs is 1. The lowest BCUT2D eigenvalue weighted by Crippen LogP contribution is -2.27. The van der Waals surface area contributed by atoms with Crippen molar-refractivity contribution in [3.63, 3.8) is 0 Å². The molecule has 7 nitrogen and oxygen atoms in total. The number of carbonyl (C=O) groups is 3. The average molecular weight is 366 g/mol. The highest BCUT2D eigenvalue weighted by molar-refractivity contribution is 6.04. The van der Waals surface area contributed by atoms with Gasteiger partial charge in [0, 0.05) is 22.7 Å². The maximum Gasteiger partial charge on any atom is 0.340 e. The predicted octanol–water partition coefficient (Wildman–Crippen LogP) is 2.20. The number of aromatic nitrogens is 1. The van der Waals surface area contributed by atoms with Gasteiger partial charge in [0.1, 0.15) is 6.54 Å². The molecule has 0 bridgehead atoms. The van der Waals surface area contributed by atoms with E-state index in [-0.39, 0.29) is 6.54 Å². The van der Waals surface area contributed by atoms with Crippen molar-refractivity contribution >= 4 is 28.7 Å². The van der Waals surface area contributed by atoms with Crippen LogP contribution >= 0.6 is 0 Å². The molecule has 3 aromatic rings. The van der Waals surface area contributed by atoms with Crippen molar-refractivity contribution in [3.8, 4) is 0 Å². The molecule has 7 heteroatoms. The number of hydrogen-bond donors (Lipinski definition) is 1. The number of esters is 2. The SMILES string of the molecule is COC(=O)c1cn(CC(=O)O[C@H](C(N)=O)c2ccccc2)c2ccccc12. The number of carbonyl (C=O) groups excluding carboxylic acids is 3. The Labute approximate surface area is 155 Å². The van der Waals surface area contributed by atoms with E-state index < -0.39 is 23.9 Å². The van der Waals surface area contributed by atoms with Gasteiger partial charge in [-0.2, -0.15) is 0 Å². The quantitative estimate of drug-likeness (QED) is 0.674. The highest BCUT2D eigenvalue weighted by atomic mass is 16.5. The summed E-state index contributed by atoms with van der Waals surface area (Å²) in [5.41, 5.74) is 6.88. The number of methoxy groups -OCH3 is 1. The number of amides is 1. The van der Waals surface area contributed by atoms with Crippen molar-refractivity contribution in [1.29, 1.82) is 0 Å². The molecule has 0 aliphatic rings. The van der Waals surface area contributed by atoms with Crippen LogP contribution in [0.25, 0.3) is 10.9 Å². The maximum absolute atomic E-state index is 12.4. The molecule has 0 spiro atoms. The second-order valence-corrected chi connectivity index (χ2v) is 5.86. The van der Waals surface area contributed by atoms with E-state index in [2.05, 4.69) is 0 Å². The van der Waals surface area contributed by atoms with Gasteiger partial charge in [0.05, 0.1) is 12.7 Å². The number of hydrogen-bond acceptors (Lipinski definition) is 5. The third kappa shape index (κ3) is 3.82. The zero-order valence-electron chi connectivity index (χ0n) is 14.6. The number of ether oxygens (including phenoxy) is 2. The lowest BCUT2D eigenvalue weighted by Gasteiger charge is -2.15. The van der Waals surface area contributed by atoms with E-state index in [1.54, 1.807) is 59.2 Å². The van der Waals surface area contributed by atoms with E-state index in [1.165, 1.54) is 13.3 Å². The summed E-state index contributed by atoms with van der Waals surface area (Å²) >= 11 is 0. The Balaban J connectivity index is 1.85. The average Bonchev–Trinajstić information content (AvgIpc) is 3.04. The summed E-state index contributed by atoms with van der Waals surface area (Å²) in [5.74, 6) is -1.92. The van der Waals surface area contributed by atoms with Gasteiger partial charge in [0.15, 0.2) is 0 Å². The fourth-order valence-electron chi connectivity index (χ4n) is 2.88. The van der Waals surface area contributed by atoms with Gasteiger partial charge in [-0.3, -0.25) is 9.59 Å². The molecule has 0 saturated carbocycles. The molecule has 1 heterocycles. The smallest absolute Gasteiger partial charge is 0.340 e. The molecule has 27 heavy (non-hydrogen) atoms. The van der Waals surface area contributed by atoms with Crippen LogP contribution in [0.15, 0.2) is 60.8 Å². The molecule has 0 aliphatic carbocycles. The molecule has 1 atom stereocenters. The summed E-state index contributed by atoms with van der Waals surface area (Å²) in [6, 6.07) is 15.7. The lowest BCUT2D eigenvalue weighted by atomic mass is 10.1. The first-order valence-corrected chi connectivity index (χ1v) is 8.21. The number of para-hydroxylation sites is 1. The van der Waals surface area contributed by atoms with Gasteiger partial charge < -0.3 is 19.8 Å². The Kier molecular flexibility index (Phi) is 5.21. The van der Waals surface area contributed by atoms with Crippen LogP contribution in [-0.2, 0) is 25.6 Å². The normalized spacial score (nSPS) is 11.7. The van der Waals surface area contributed by atoms with E-state index in [4.69, 9.17) is 15.2 Å². The molecule has 2 N–H and O–H groups in total. The second-order valence-electron chi connectivity index (χ2n) is 5.86. The predicted molar refractivity (Wildman–Crippen MR) is 97.7 cm³/mol. The van der Waals surface area contributed by atoms with Crippen molar-refractivity contribution in [1.82, 2.24) is 4.57 Å². The maximum atomic E-state index is 12.4. The zero-order chi connectivity index (χ0) is 19.4. The van der Waals surface area contributed by atoms with Gasteiger partial charge >= 0.3 is 11.9 Å². The first-order valence-electron chi connectivity index (χ1n) is 8.21. The zero-order valence-corrected chi connectivity index (χ0v) is 14.6. The minimum Gasteiger partial charge on any atom is -0.465 e. The third-order valence-electron chi connectivity index (χ3n) is 4.10. The summed E-state index contributed by atoms with van der Waals surface area (Å²) in [6.07, 6.45) is 0.347. The molecule has 0 aliphatic heterocycles. The third-order valence-corrected chi connectivity index (χ3v) is 4.10. The molecule has 138 valence electrons. The van der Waals surface area contributed by atoms with E-state index >= 15 is 0 Å². The van der Waals surface area contributed by atoms with Crippen LogP contribution in [0.1, 0.15) is 22.0 Å². The van der Waals surface area contributed by atoms with Crippen LogP contribution in [0, 0.1) is 0 Å². The minimum atomic E-state index is -1.18. The minimum absolute atomic E-state index is 0.186. The molecule has 0 fully saturated rings. The molecule has 3 rings (SSSR count). The molecule has 1 amide bonds. The van der Waals surface area contributed by atoms with Gasteiger partial charge in [-0.15, -0.1) is 0 Å². The van der Waals surface area contributed by atoms with E-state index in [9.17, 15) is 14.4 Å². The second kappa shape index (κ2) is 7.74. The summed E-state index contributed by atoms with van der Waals surface area (Å²) in [4.78, 5) is 36.1. The largest absolute Gasteiger partial charge is 0.465 e. The molecular weight excluding hydrogens is 348 g/mol. The summed E-state index contributed by atoms with van der Waals surface area (Å²) in [6.45, 7) is -0.186. The molecule has 0 radical (unpaired) electrons. The number of nitrogens with zero attached hydrogens (tertiary/aromatic N) is 1. The number of primary amides is 1. The molecule has 0 unspecified atom stereocenters. The monoisotopic (exact) mass is 366 g/mol. The van der Waals surface area contributed by atoms with Gasteiger partial charge in [-0.1, -0.05) is 48.5 Å². The molecule has 1 aromatic heterocycles. The molecule has 2 aromatic carbocycles. The van der Waals surface area contributed by atoms with Crippen LogP contribution in [0.2, 0.25) is 0 Å². The topological polar surface area (TPSA) is 101 Å². The van der Waals surface area contributed by atoms with Crippen LogP contribution in [0.4, 0.5) is 0 Å². The summed E-state index contributed by atoms with van der Waals surface area (Å²) < 4.78 is 11.7. The summed E-state index contributed by atoms with van der Waals surface area (Å²) in [7, 11) is 1.29. The van der Waals surface area contributed by atoms with Crippen molar-refractivity contribution in [2.24, 2.45) is 5.73 Å². The van der Waals surface area contributed by atoms with Crippen molar-refractivity contribution in [2.75, 3.05) is 7.11 Å². The van der Waals surface area contributed by atoms with Crippen LogP contribution < -0.4 is 5.73 Å². The van der Waals surface area contributed by atoms with Gasteiger partial charge in [0.2, 0.25) is 6.10 Å². The van der Waals surface area contributed by atoms with Crippen LogP contribution in [0.3, 0.4) is 0 Å². The highest BCUT2D eigenvalue weighted by Crippen LogP contribution is 2.23. The first-order chi connectivity index (χ1) is 13.0. The van der Waals surface area contributed by atoms with Crippen molar-refractivity contribution in [2.45, 2.75) is 12.6 Å². The van der Waals surface area contributed by atoms with E-state index in [0.717, 1.165) is 0 Å². The molecular formula is C20H18N2O5.